The second-order valence-corrected chi connectivity index (χ2v) is 10.3. The molecule has 37 heavy (non-hydrogen) atoms. The van der Waals surface area contributed by atoms with Crippen molar-refractivity contribution >= 4 is 23.6 Å². The number of hydrogen-bond acceptors (Lipinski definition) is 6. The largest absolute Gasteiger partial charge is 0.471 e. The van der Waals surface area contributed by atoms with Gasteiger partial charge >= 0.3 is 12.1 Å². The summed E-state index contributed by atoms with van der Waals surface area (Å²) in [7, 11) is 0. The van der Waals surface area contributed by atoms with Gasteiger partial charge in [0.05, 0.1) is 12.6 Å². The van der Waals surface area contributed by atoms with Crippen LogP contribution in [0.3, 0.4) is 0 Å². The van der Waals surface area contributed by atoms with E-state index in [1.807, 2.05) is 19.9 Å². The summed E-state index contributed by atoms with van der Waals surface area (Å²) in [6, 6.07) is -0.146. The Bertz CT molecular complexity index is 1110. The van der Waals surface area contributed by atoms with Crippen molar-refractivity contribution in [1.29, 1.82) is 5.26 Å². The van der Waals surface area contributed by atoms with E-state index in [2.05, 4.69) is 15.7 Å². The van der Waals surface area contributed by atoms with Gasteiger partial charge < -0.3 is 20.9 Å². The van der Waals surface area contributed by atoms with Crippen LogP contribution in [0, 0.1) is 34.5 Å². The first-order chi connectivity index (χ1) is 17.3. The molecule has 0 radical (unpaired) electrons. The number of piperidine rings is 1. The quantitative estimate of drug-likeness (QED) is 0.435. The number of amides is 4. The zero-order chi connectivity index (χ0) is 27.1. The molecule has 0 spiro atoms. The maximum Gasteiger partial charge on any atom is 0.471 e. The van der Waals surface area contributed by atoms with Crippen LogP contribution in [0.1, 0.15) is 26.7 Å². The smallest absolute Gasteiger partial charge is 0.356 e. The summed E-state index contributed by atoms with van der Waals surface area (Å²) >= 11 is 0. The SMILES string of the molecule is CC1(C)C2CN(C(=O)[C@H](Cn3cccn3)NC(=O)C(F)(F)F)C(C(=O)N[C@H](C#N)C[C@@H]3CCNC3=O)C21. The van der Waals surface area contributed by atoms with Crippen LogP contribution in [0.2, 0.25) is 0 Å². The average molecular weight is 524 g/mol. The van der Waals surface area contributed by atoms with Gasteiger partial charge in [0.1, 0.15) is 18.1 Å². The van der Waals surface area contributed by atoms with Crippen molar-refractivity contribution in [2.45, 2.75) is 57.5 Å². The first kappa shape index (κ1) is 26.4. The van der Waals surface area contributed by atoms with Gasteiger partial charge in [0.2, 0.25) is 17.7 Å². The van der Waals surface area contributed by atoms with Crippen molar-refractivity contribution in [3.05, 3.63) is 18.5 Å². The lowest BCUT2D eigenvalue weighted by molar-refractivity contribution is -0.175. The monoisotopic (exact) mass is 523 g/mol. The summed E-state index contributed by atoms with van der Waals surface area (Å²) < 4.78 is 40.2. The molecular formula is C23H28F3N7O4. The zero-order valence-corrected chi connectivity index (χ0v) is 20.3. The Kier molecular flexibility index (Phi) is 6.91. The Balaban J connectivity index is 1.53. The number of nitriles is 1. The van der Waals surface area contributed by atoms with E-state index < -0.39 is 47.9 Å². The van der Waals surface area contributed by atoms with Crippen LogP contribution in [0.15, 0.2) is 18.5 Å². The number of rotatable bonds is 8. The molecule has 0 bridgehead atoms. The Hall–Kier alpha value is -3.63. The molecule has 3 N–H and O–H groups in total. The van der Waals surface area contributed by atoms with Crippen molar-refractivity contribution in [2.75, 3.05) is 13.1 Å². The van der Waals surface area contributed by atoms with E-state index in [0.717, 1.165) is 0 Å². The summed E-state index contributed by atoms with van der Waals surface area (Å²) in [5.41, 5.74) is -0.293. The Morgan fingerprint density at radius 2 is 2.05 bits per heavy atom. The Morgan fingerprint density at radius 3 is 2.62 bits per heavy atom. The molecular weight excluding hydrogens is 495 g/mol. The summed E-state index contributed by atoms with van der Waals surface area (Å²) in [5.74, 6) is -4.70. The highest BCUT2D eigenvalue weighted by Gasteiger charge is 2.69. The van der Waals surface area contributed by atoms with Crippen LogP contribution in [-0.2, 0) is 25.7 Å². The second-order valence-electron chi connectivity index (χ2n) is 10.3. The van der Waals surface area contributed by atoms with E-state index in [1.54, 1.807) is 5.32 Å². The molecule has 1 aromatic rings. The molecule has 1 aliphatic carbocycles. The molecule has 3 aliphatic rings. The minimum Gasteiger partial charge on any atom is -0.356 e. The first-order valence-corrected chi connectivity index (χ1v) is 12.0. The molecule has 2 aliphatic heterocycles. The molecule has 3 heterocycles. The number of nitrogens with zero attached hydrogens (tertiary/aromatic N) is 4. The molecule has 200 valence electrons. The summed E-state index contributed by atoms with van der Waals surface area (Å²) in [6.45, 7) is 4.10. The van der Waals surface area contributed by atoms with Crippen LogP contribution in [0.5, 0.6) is 0 Å². The molecule has 3 fully saturated rings. The lowest BCUT2D eigenvalue weighted by atomic mass is 9.97. The third-order valence-electron chi connectivity index (χ3n) is 7.71. The van der Waals surface area contributed by atoms with Gasteiger partial charge in [-0.05, 0) is 36.2 Å². The number of likely N-dealkylation sites (tertiary alicyclic amines) is 1. The maximum absolute atomic E-state index is 13.5. The van der Waals surface area contributed by atoms with E-state index in [9.17, 15) is 37.6 Å². The number of halogens is 3. The van der Waals surface area contributed by atoms with Gasteiger partial charge in [-0.3, -0.25) is 23.9 Å². The predicted molar refractivity (Wildman–Crippen MR) is 120 cm³/mol. The minimum absolute atomic E-state index is 0.0722. The third-order valence-corrected chi connectivity index (χ3v) is 7.71. The van der Waals surface area contributed by atoms with Crippen molar-refractivity contribution in [2.24, 2.45) is 23.2 Å². The highest BCUT2D eigenvalue weighted by atomic mass is 19.4. The van der Waals surface area contributed by atoms with Crippen LogP contribution in [-0.4, -0.2) is 75.7 Å². The van der Waals surface area contributed by atoms with Gasteiger partial charge in [-0.15, -0.1) is 0 Å². The number of hydrogen-bond donors (Lipinski definition) is 3. The summed E-state index contributed by atoms with van der Waals surface area (Å²) in [4.78, 5) is 51.7. The van der Waals surface area contributed by atoms with Gasteiger partial charge in [-0.25, -0.2) is 0 Å². The molecule has 4 rings (SSSR count). The number of carbonyl (C=O) groups excluding carboxylic acids is 4. The molecule has 14 heteroatoms. The Labute approximate surface area is 210 Å². The first-order valence-electron chi connectivity index (χ1n) is 12.0. The number of aromatic nitrogens is 2. The summed E-state index contributed by atoms with van der Waals surface area (Å²) in [6.07, 6.45) is -1.75. The molecule has 2 saturated heterocycles. The van der Waals surface area contributed by atoms with E-state index in [-0.39, 0.29) is 42.7 Å². The van der Waals surface area contributed by atoms with E-state index in [4.69, 9.17) is 0 Å². The summed E-state index contributed by atoms with van der Waals surface area (Å²) in [5, 5.41) is 20.5. The molecule has 11 nitrogen and oxygen atoms in total. The predicted octanol–water partition coefficient (Wildman–Crippen LogP) is -0.0522. The molecule has 0 aromatic carbocycles. The van der Waals surface area contributed by atoms with E-state index in [1.165, 1.54) is 28.0 Å². The molecule has 4 amide bonds. The topological polar surface area (TPSA) is 149 Å². The van der Waals surface area contributed by atoms with Crippen molar-refractivity contribution < 1.29 is 32.3 Å². The molecule has 1 saturated carbocycles. The van der Waals surface area contributed by atoms with Crippen molar-refractivity contribution in [3.63, 3.8) is 0 Å². The van der Waals surface area contributed by atoms with Crippen molar-refractivity contribution in [3.8, 4) is 6.07 Å². The van der Waals surface area contributed by atoms with E-state index in [0.29, 0.717) is 13.0 Å². The van der Waals surface area contributed by atoms with Gasteiger partial charge in [-0.2, -0.15) is 23.5 Å². The lowest BCUT2D eigenvalue weighted by Gasteiger charge is -2.33. The van der Waals surface area contributed by atoms with Gasteiger partial charge in [0.15, 0.2) is 0 Å². The van der Waals surface area contributed by atoms with Crippen LogP contribution in [0.4, 0.5) is 13.2 Å². The number of carbonyl (C=O) groups is 4. The minimum atomic E-state index is -5.21. The van der Waals surface area contributed by atoms with Crippen LogP contribution < -0.4 is 16.0 Å². The van der Waals surface area contributed by atoms with Crippen LogP contribution in [0.25, 0.3) is 0 Å². The fraction of sp³-hybridized carbons (Fsp3) is 0.652. The van der Waals surface area contributed by atoms with Crippen LogP contribution >= 0.6 is 0 Å². The fourth-order valence-electron chi connectivity index (χ4n) is 5.59. The number of fused-ring (bicyclic) bond motifs is 1. The van der Waals surface area contributed by atoms with E-state index >= 15 is 0 Å². The number of nitrogens with one attached hydrogen (secondary N) is 3. The van der Waals surface area contributed by atoms with Crippen molar-refractivity contribution in [1.82, 2.24) is 30.6 Å². The van der Waals surface area contributed by atoms with Gasteiger partial charge in [0.25, 0.3) is 0 Å². The normalized spacial score (nSPS) is 27.5. The molecule has 3 unspecified atom stereocenters. The maximum atomic E-state index is 13.5. The highest BCUT2D eigenvalue weighted by Crippen LogP contribution is 2.64. The fourth-order valence-corrected chi connectivity index (χ4v) is 5.59. The Morgan fingerprint density at radius 1 is 1.32 bits per heavy atom. The molecule has 6 atom stereocenters. The second kappa shape index (κ2) is 9.68. The van der Waals surface area contributed by atoms with Gasteiger partial charge in [-0.1, -0.05) is 13.8 Å². The van der Waals surface area contributed by atoms with Gasteiger partial charge in [0, 0.05) is 31.4 Å². The standard InChI is InChI=1S/C23H28F3N7O4/c1-22(2)14-10-33(20(36)15(11-32-7-3-5-29-32)31-21(37)23(24,25)26)17(16(14)22)19(35)30-13(9-27)8-12-4-6-28-18(12)34/h3,5,7,12-17H,4,6,8,10-11H2,1-2H3,(H,28,34)(H,30,35)(H,31,37)/t12-,13-,14?,15-,16?,17?/m0/s1. The third kappa shape index (κ3) is 5.26. The number of alkyl halides is 3. The highest BCUT2D eigenvalue weighted by molar-refractivity contribution is 5.94. The zero-order valence-electron chi connectivity index (χ0n) is 20.3. The average Bonchev–Trinajstić information content (AvgIpc) is 3.38. The lowest BCUT2D eigenvalue weighted by Crippen LogP contribution is -2.58. The molecule has 1 aromatic heterocycles.